The Hall–Kier alpha value is -2.75. The van der Waals surface area contributed by atoms with E-state index in [-0.39, 0.29) is 5.88 Å². The Labute approximate surface area is 122 Å². The molecule has 0 radical (unpaired) electrons. The van der Waals surface area contributed by atoms with Crippen molar-refractivity contribution in [3.8, 4) is 11.6 Å². The van der Waals surface area contributed by atoms with Crippen molar-refractivity contribution in [1.82, 2.24) is 4.98 Å². The van der Waals surface area contributed by atoms with Crippen molar-refractivity contribution in [2.75, 3.05) is 7.11 Å². The first-order valence-corrected chi connectivity index (χ1v) is 6.67. The van der Waals surface area contributed by atoms with E-state index in [0.717, 1.165) is 27.9 Å². The standard InChI is InChI=1S/C17H16N2O2/c1-11-6-7-14-15(17(20)19-16(14)8-11)10-18-12-4-3-5-13(9-12)21-2/h3-10,19-20H,1-2H3. The number of hydrogen-bond donors (Lipinski definition) is 2. The van der Waals surface area contributed by atoms with Gasteiger partial charge < -0.3 is 14.8 Å². The molecule has 0 aliphatic carbocycles. The fraction of sp³-hybridized carbons (Fsp3) is 0.118. The smallest absolute Gasteiger partial charge is 0.198 e. The van der Waals surface area contributed by atoms with Gasteiger partial charge in [0, 0.05) is 23.2 Å². The first-order chi connectivity index (χ1) is 10.2. The Balaban J connectivity index is 2.00. The zero-order valence-corrected chi connectivity index (χ0v) is 11.9. The Bertz CT molecular complexity index is 819. The highest BCUT2D eigenvalue weighted by atomic mass is 16.5. The fourth-order valence-electron chi connectivity index (χ4n) is 2.28. The van der Waals surface area contributed by atoms with E-state index in [9.17, 15) is 5.11 Å². The quantitative estimate of drug-likeness (QED) is 0.714. The summed E-state index contributed by atoms with van der Waals surface area (Å²) in [6.07, 6.45) is 1.66. The Morgan fingerprint density at radius 2 is 2.05 bits per heavy atom. The molecule has 106 valence electrons. The lowest BCUT2D eigenvalue weighted by Gasteiger charge is -1.99. The number of aliphatic imine (C=N–C) groups is 1. The summed E-state index contributed by atoms with van der Waals surface area (Å²) in [6.45, 7) is 2.02. The van der Waals surface area contributed by atoms with Crippen LogP contribution in [0.5, 0.6) is 11.6 Å². The van der Waals surface area contributed by atoms with Crippen molar-refractivity contribution in [2.24, 2.45) is 4.99 Å². The summed E-state index contributed by atoms with van der Waals surface area (Å²) in [5.74, 6) is 0.880. The molecule has 0 bridgehead atoms. The average molecular weight is 280 g/mol. The van der Waals surface area contributed by atoms with Gasteiger partial charge in [-0.1, -0.05) is 18.2 Å². The van der Waals surface area contributed by atoms with Gasteiger partial charge in [0.25, 0.3) is 0 Å². The number of nitrogens with one attached hydrogen (secondary N) is 1. The summed E-state index contributed by atoms with van der Waals surface area (Å²) in [7, 11) is 1.62. The van der Waals surface area contributed by atoms with Gasteiger partial charge in [0.1, 0.15) is 5.75 Å². The molecule has 0 spiro atoms. The minimum Gasteiger partial charge on any atom is -0.497 e. The number of rotatable bonds is 3. The molecular weight excluding hydrogens is 264 g/mol. The van der Waals surface area contributed by atoms with E-state index >= 15 is 0 Å². The van der Waals surface area contributed by atoms with Gasteiger partial charge in [-0.3, -0.25) is 4.99 Å². The molecule has 0 saturated heterocycles. The fourth-order valence-corrected chi connectivity index (χ4v) is 2.28. The summed E-state index contributed by atoms with van der Waals surface area (Å²) in [5, 5.41) is 11.0. The van der Waals surface area contributed by atoms with Crippen molar-refractivity contribution in [1.29, 1.82) is 0 Å². The molecule has 21 heavy (non-hydrogen) atoms. The number of aromatic nitrogens is 1. The molecule has 0 fully saturated rings. The average Bonchev–Trinajstić information content (AvgIpc) is 2.80. The normalized spacial score (nSPS) is 11.3. The molecule has 0 amide bonds. The van der Waals surface area contributed by atoms with Crippen molar-refractivity contribution in [3.05, 3.63) is 53.6 Å². The summed E-state index contributed by atoms with van der Waals surface area (Å²) in [4.78, 5) is 7.37. The Kier molecular flexibility index (Phi) is 3.36. The molecule has 4 heteroatoms. The van der Waals surface area contributed by atoms with Gasteiger partial charge in [0.2, 0.25) is 0 Å². The lowest BCUT2D eigenvalue weighted by atomic mass is 10.1. The number of aromatic amines is 1. The van der Waals surface area contributed by atoms with Gasteiger partial charge in [0.15, 0.2) is 5.88 Å². The largest absolute Gasteiger partial charge is 0.497 e. The third kappa shape index (κ3) is 2.60. The molecule has 0 unspecified atom stereocenters. The highest BCUT2D eigenvalue weighted by Gasteiger charge is 2.08. The number of nitrogens with zero attached hydrogens (tertiary/aromatic N) is 1. The monoisotopic (exact) mass is 280 g/mol. The molecule has 0 aliphatic heterocycles. The lowest BCUT2D eigenvalue weighted by Crippen LogP contribution is -1.82. The van der Waals surface area contributed by atoms with Crippen molar-refractivity contribution >= 4 is 22.8 Å². The predicted octanol–water partition coefficient (Wildman–Crippen LogP) is 3.94. The predicted molar refractivity (Wildman–Crippen MR) is 84.9 cm³/mol. The topological polar surface area (TPSA) is 57.6 Å². The number of ether oxygens (including phenoxy) is 1. The van der Waals surface area contributed by atoms with Crippen LogP contribution in [0.4, 0.5) is 5.69 Å². The van der Waals surface area contributed by atoms with E-state index in [2.05, 4.69) is 9.98 Å². The third-order valence-corrected chi connectivity index (χ3v) is 3.37. The van der Waals surface area contributed by atoms with Crippen LogP contribution in [0.2, 0.25) is 0 Å². The maximum Gasteiger partial charge on any atom is 0.198 e. The highest BCUT2D eigenvalue weighted by Crippen LogP contribution is 2.27. The van der Waals surface area contributed by atoms with Gasteiger partial charge in [-0.2, -0.15) is 0 Å². The van der Waals surface area contributed by atoms with Gasteiger partial charge in [-0.15, -0.1) is 0 Å². The van der Waals surface area contributed by atoms with Crippen LogP contribution in [0.25, 0.3) is 10.9 Å². The van der Waals surface area contributed by atoms with E-state index in [1.807, 2.05) is 49.4 Å². The molecule has 1 heterocycles. The summed E-state index contributed by atoms with van der Waals surface area (Å²) in [5.41, 5.74) is 3.50. The minimum atomic E-state index is 0.127. The molecule has 0 aliphatic rings. The van der Waals surface area contributed by atoms with Gasteiger partial charge in [0.05, 0.1) is 18.4 Å². The SMILES string of the molecule is COc1cccc(N=Cc2c(O)[nH]c3cc(C)ccc23)c1. The van der Waals surface area contributed by atoms with Crippen LogP contribution in [0.3, 0.4) is 0 Å². The zero-order valence-electron chi connectivity index (χ0n) is 11.9. The van der Waals surface area contributed by atoms with E-state index in [1.165, 1.54) is 0 Å². The highest BCUT2D eigenvalue weighted by molar-refractivity contribution is 6.02. The van der Waals surface area contributed by atoms with Crippen LogP contribution in [-0.2, 0) is 0 Å². The summed E-state index contributed by atoms with van der Waals surface area (Å²) in [6, 6.07) is 13.5. The second-order valence-corrected chi connectivity index (χ2v) is 4.90. The van der Waals surface area contributed by atoms with Crippen molar-refractivity contribution in [2.45, 2.75) is 6.92 Å². The maximum atomic E-state index is 10.0. The van der Waals surface area contributed by atoms with E-state index < -0.39 is 0 Å². The molecular formula is C17H16N2O2. The minimum absolute atomic E-state index is 0.127. The number of H-pyrrole nitrogens is 1. The van der Waals surface area contributed by atoms with E-state index in [4.69, 9.17) is 4.74 Å². The Morgan fingerprint density at radius 1 is 1.19 bits per heavy atom. The van der Waals surface area contributed by atoms with Crippen LogP contribution in [0.15, 0.2) is 47.5 Å². The van der Waals surface area contributed by atoms with E-state index in [0.29, 0.717) is 5.56 Å². The van der Waals surface area contributed by atoms with Gasteiger partial charge in [-0.05, 0) is 30.7 Å². The van der Waals surface area contributed by atoms with Crippen molar-refractivity contribution < 1.29 is 9.84 Å². The number of aromatic hydroxyl groups is 1. The molecule has 0 atom stereocenters. The molecule has 2 N–H and O–H groups in total. The van der Waals surface area contributed by atoms with Crippen LogP contribution < -0.4 is 4.74 Å². The van der Waals surface area contributed by atoms with Gasteiger partial charge in [-0.25, -0.2) is 0 Å². The number of fused-ring (bicyclic) bond motifs is 1. The Morgan fingerprint density at radius 3 is 2.86 bits per heavy atom. The van der Waals surface area contributed by atoms with Crippen LogP contribution in [-0.4, -0.2) is 23.4 Å². The number of methoxy groups -OCH3 is 1. The van der Waals surface area contributed by atoms with Crippen LogP contribution in [0, 0.1) is 6.92 Å². The number of hydrogen-bond acceptors (Lipinski definition) is 3. The zero-order chi connectivity index (χ0) is 14.8. The number of aryl methyl sites for hydroxylation is 1. The second-order valence-electron chi connectivity index (χ2n) is 4.90. The first-order valence-electron chi connectivity index (χ1n) is 6.67. The second kappa shape index (κ2) is 5.32. The molecule has 2 aromatic carbocycles. The van der Waals surface area contributed by atoms with Gasteiger partial charge >= 0.3 is 0 Å². The van der Waals surface area contributed by atoms with Crippen LogP contribution in [0.1, 0.15) is 11.1 Å². The van der Waals surface area contributed by atoms with E-state index in [1.54, 1.807) is 13.3 Å². The summed E-state index contributed by atoms with van der Waals surface area (Å²) < 4.78 is 5.17. The summed E-state index contributed by atoms with van der Waals surface area (Å²) >= 11 is 0. The van der Waals surface area contributed by atoms with Crippen molar-refractivity contribution in [3.63, 3.8) is 0 Å². The first kappa shape index (κ1) is 13.2. The molecule has 0 saturated carbocycles. The molecule has 3 rings (SSSR count). The molecule has 3 aromatic rings. The molecule has 4 nitrogen and oxygen atoms in total. The molecule has 1 aromatic heterocycles. The maximum absolute atomic E-state index is 10.0. The third-order valence-electron chi connectivity index (χ3n) is 3.37. The number of benzene rings is 2. The van der Waals surface area contributed by atoms with Crippen LogP contribution >= 0.6 is 0 Å². The lowest BCUT2D eigenvalue weighted by molar-refractivity contribution is 0.415.